The first-order valence-electron chi connectivity index (χ1n) is 3.78. The molecule has 0 spiro atoms. The molecule has 0 fully saturated rings. The minimum absolute atomic E-state index is 0.0454. The Labute approximate surface area is 79.9 Å². The van der Waals surface area contributed by atoms with Gasteiger partial charge in [0.05, 0.1) is 17.8 Å². The van der Waals surface area contributed by atoms with Gasteiger partial charge >= 0.3 is 0 Å². The number of carbonyl (C=O) groups is 1. The molecule has 5 heteroatoms. The third-order valence-electron chi connectivity index (χ3n) is 1.27. The van der Waals surface area contributed by atoms with Gasteiger partial charge in [-0.2, -0.15) is 0 Å². The van der Waals surface area contributed by atoms with Crippen molar-refractivity contribution in [3.8, 4) is 0 Å². The van der Waals surface area contributed by atoms with E-state index in [-0.39, 0.29) is 19.1 Å². The molecule has 1 aromatic heterocycles. The van der Waals surface area contributed by atoms with Crippen molar-refractivity contribution in [1.82, 2.24) is 10.3 Å². The lowest BCUT2D eigenvalue weighted by Crippen LogP contribution is -2.24. The van der Waals surface area contributed by atoms with Crippen molar-refractivity contribution >= 4 is 23.3 Å². The first-order valence-corrected chi connectivity index (χ1v) is 4.72. The van der Waals surface area contributed by atoms with Crippen LogP contribution in [0, 0.1) is 0 Å². The minimum Gasteiger partial charge on any atom is -0.395 e. The van der Waals surface area contributed by atoms with Crippen molar-refractivity contribution in [3.05, 3.63) is 22.7 Å². The van der Waals surface area contributed by atoms with Crippen molar-refractivity contribution in [1.29, 1.82) is 0 Å². The van der Waals surface area contributed by atoms with Gasteiger partial charge in [0, 0.05) is 18.0 Å². The van der Waals surface area contributed by atoms with Crippen molar-refractivity contribution in [3.63, 3.8) is 0 Å². The fourth-order valence-electron chi connectivity index (χ4n) is 0.703. The Balaban J connectivity index is 2.35. The average molecular weight is 198 g/mol. The number of hydrogen-bond donors (Lipinski definition) is 2. The molecule has 0 aromatic carbocycles. The van der Waals surface area contributed by atoms with E-state index < -0.39 is 0 Å². The molecule has 1 amide bonds. The van der Waals surface area contributed by atoms with E-state index in [1.54, 1.807) is 11.6 Å². The summed E-state index contributed by atoms with van der Waals surface area (Å²) in [5.74, 6) is -0.220. The molecule has 0 bridgehead atoms. The first kappa shape index (κ1) is 9.88. The van der Waals surface area contributed by atoms with E-state index in [1.165, 1.54) is 17.4 Å². The van der Waals surface area contributed by atoms with Crippen LogP contribution in [0.3, 0.4) is 0 Å². The second-order valence-electron chi connectivity index (χ2n) is 2.26. The second kappa shape index (κ2) is 5.45. The molecule has 0 atom stereocenters. The van der Waals surface area contributed by atoms with Crippen LogP contribution in [0.15, 0.2) is 17.0 Å². The SMILES string of the molecule is O=C(C=Cc1cscn1)NCCO. The molecule has 0 radical (unpaired) electrons. The van der Waals surface area contributed by atoms with E-state index in [2.05, 4.69) is 10.3 Å². The molecule has 1 rings (SSSR count). The Kier molecular flexibility index (Phi) is 4.14. The lowest BCUT2D eigenvalue weighted by atomic mass is 10.4. The van der Waals surface area contributed by atoms with E-state index in [0.717, 1.165) is 5.69 Å². The van der Waals surface area contributed by atoms with Gasteiger partial charge in [-0.15, -0.1) is 11.3 Å². The van der Waals surface area contributed by atoms with Crippen molar-refractivity contribution in [2.45, 2.75) is 0 Å². The minimum atomic E-state index is -0.220. The molecular formula is C8H10N2O2S. The maximum absolute atomic E-state index is 11.0. The molecule has 4 nitrogen and oxygen atoms in total. The predicted molar refractivity (Wildman–Crippen MR) is 51.2 cm³/mol. The number of aliphatic hydroxyl groups is 1. The number of aromatic nitrogens is 1. The molecule has 1 aromatic rings. The highest BCUT2D eigenvalue weighted by Gasteiger charge is 1.93. The maximum Gasteiger partial charge on any atom is 0.244 e. The summed E-state index contributed by atoms with van der Waals surface area (Å²) in [6.45, 7) is 0.233. The molecule has 13 heavy (non-hydrogen) atoms. The maximum atomic E-state index is 11.0. The van der Waals surface area contributed by atoms with Gasteiger partial charge < -0.3 is 10.4 Å². The van der Waals surface area contributed by atoms with Gasteiger partial charge in [0.1, 0.15) is 0 Å². The van der Waals surface area contributed by atoms with Gasteiger partial charge in [-0.3, -0.25) is 4.79 Å². The molecule has 2 N–H and O–H groups in total. The molecule has 70 valence electrons. The third kappa shape index (κ3) is 3.82. The summed E-state index contributed by atoms with van der Waals surface area (Å²) in [5, 5.41) is 12.8. The van der Waals surface area contributed by atoms with E-state index in [0.29, 0.717) is 0 Å². The summed E-state index contributed by atoms with van der Waals surface area (Å²) >= 11 is 1.48. The van der Waals surface area contributed by atoms with Crippen LogP contribution in [0.1, 0.15) is 5.69 Å². The molecule has 1 heterocycles. The molecule has 0 aliphatic carbocycles. The van der Waals surface area contributed by atoms with Crippen LogP contribution in [-0.2, 0) is 4.79 Å². The van der Waals surface area contributed by atoms with E-state index >= 15 is 0 Å². The third-order valence-corrected chi connectivity index (χ3v) is 1.87. The van der Waals surface area contributed by atoms with Crippen LogP contribution < -0.4 is 5.32 Å². The van der Waals surface area contributed by atoms with E-state index in [4.69, 9.17) is 5.11 Å². The van der Waals surface area contributed by atoms with Crippen LogP contribution in [0.4, 0.5) is 0 Å². The highest BCUT2D eigenvalue weighted by molar-refractivity contribution is 7.07. The zero-order valence-electron chi connectivity index (χ0n) is 6.93. The number of amides is 1. The summed E-state index contributed by atoms with van der Waals surface area (Å²) in [5.41, 5.74) is 2.47. The molecule has 0 aliphatic heterocycles. The highest BCUT2D eigenvalue weighted by atomic mass is 32.1. The van der Waals surface area contributed by atoms with Gasteiger partial charge in [0.25, 0.3) is 0 Å². The van der Waals surface area contributed by atoms with Crippen molar-refractivity contribution in [2.24, 2.45) is 0 Å². The number of thiazole rings is 1. The Morgan fingerprint density at radius 1 is 1.77 bits per heavy atom. The normalized spacial score (nSPS) is 10.5. The summed E-state index contributed by atoms with van der Waals surface area (Å²) in [6.07, 6.45) is 3.02. The zero-order chi connectivity index (χ0) is 9.52. The van der Waals surface area contributed by atoms with Gasteiger partial charge in [-0.25, -0.2) is 4.98 Å². The Morgan fingerprint density at radius 2 is 2.62 bits per heavy atom. The van der Waals surface area contributed by atoms with Crippen LogP contribution in [-0.4, -0.2) is 29.1 Å². The molecule has 0 saturated carbocycles. The van der Waals surface area contributed by atoms with Gasteiger partial charge in [-0.1, -0.05) is 0 Å². The van der Waals surface area contributed by atoms with Crippen molar-refractivity contribution in [2.75, 3.05) is 13.2 Å². The number of nitrogens with zero attached hydrogens (tertiary/aromatic N) is 1. The number of rotatable bonds is 4. The molecule has 0 aliphatic rings. The van der Waals surface area contributed by atoms with Crippen molar-refractivity contribution < 1.29 is 9.90 Å². The van der Waals surface area contributed by atoms with Crippen LogP contribution >= 0.6 is 11.3 Å². The quantitative estimate of drug-likeness (QED) is 0.682. The number of aliphatic hydroxyl groups excluding tert-OH is 1. The zero-order valence-corrected chi connectivity index (χ0v) is 7.75. The van der Waals surface area contributed by atoms with Crippen LogP contribution in [0.25, 0.3) is 6.08 Å². The van der Waals surface area contributed by atoms with E-state index in [1.807, 2.05) is 5.38 Å². The van der Waals surface area contributed by atoms with E-state index in [9.17, 15) is 4.79 Å². The smallest absolute Gasteiger partial charge is 0.244 e. The Hall–Kier alpha value is -1.20. The fourth-order valence-corrected chi connectivity index (χ4v) is 1.23. The number of carbonyl (C=O) groups excluding carboxylic acids is 1. The second-order valence-corrected chi connectivity index (χ2v) is 2.98. The number of nitrogens with one attached hydrogen (secondary N) is 1. The monoisotopic (exact) mass is 198 g/mol. The summed E-state index contributed by atoms with van der Waals surface area (Å²) in [4.78, 5) is 14.9. The van der Waals surface area contributed by atoms with Crippen LogP contribution in [0.5, 0.6) is 0 Å². The average Bonchev–Trinajstić information content (AvgIpc) is 2.64. The Morgan fingerprint density at radius 3 is 3.23 bits per heavy atom. The topological polar surface area (TPSA) is 62.2 Å². The predicted octanol–water partition coefficient (Wildman–Crippen LogP) is 0.265. The molecule has 0 saturated heterocycles. The van der Waals surface area contributed by atoms with Gasteiger partial charge in [0.15, 0.2) is 0 Å². The molecular weight excluding hydrogens is 188 g/mol. The summed E-state index contributed by atoms with van der Waals surface area (Å²) in [6, 6.07) is 0. The van der Waals surface area contributed by atoms with Crippen LogP contribution in [0.2, 0.25) is 0 Å². The largest absolute Gasteiger partial charge is 0.395 e. The number of hydrogen-bond acceptors (Lipinski definition) is 4. The first-order chi connectivity index (χ1) is 6.33. The summed E-state index contributed by atoms with van der Waals surface area (Å²) in [7, 11) is 0. The van der Waals surface area contributed by atoms with Gasteiger partial charge in [-0.05, 0) is 6.08 Å². The fraction of sp³-hybridized carbons (Fsp3) is 0.250. The van der Waals surface area contributed by atoms with Gasteiger partial charge in [0.2, 0.25) is 5.91 Å². The standard InChI is InChI=1S/C8H10N2O2S/c11-4-3-9-8(12)2-1-7-5-13-6-10-7/h1-2,5-6,11H,3-4H2,(H,9,12). The highest BCUT2D eigenvalue weighted by Crippen LogP contribution is 2.02. The molecule has 0 unspecified atom stereocenters. The lowest BCUT2D eigenvalue weighted by Gasteiger charge is -1.95. The summed E-state index contributed by atoms with van der Waals surface area (Å²) < 4.78 is 0. The Bertz CT molecular complexity index is 282. The lowest BCUT2D eigenvalue weighted by molar-refractivity contribution is -0.116.